The molecule has 0 fully saturated rings. The molecule has 2 rings (SSSR count). The molecule has 0 aromatic carbocycles. The number of nitrogens with zero attached hydrogens (tertiary/aromatic N) is 3. The molecule has 2 heterocycles. The monoisotopic (exact) mass is 410 g/mol. The first kappa shape index (κ1) is 10.5. The van der Waals surface area contributed by atoms with Gasteiger partial charge in [-0.1, -0.05) is 22.6 Å². The van der Waals surface area contributed by atoms with Gasteiger partial charge in [-0.2, -0.15) is 0 Å². The van der Waals surface area contributed by atoms with Gasteiger partial charge >= 0.3 is 0 Å². The number of nitrogens with two attached hydrogens (primary N) is 1. The Kier molecular flexibility index (Phi) is 2.87. The average Bonchev–Trinajstić information content (AvgIpc) is 2.44. The zero-order valence-electron chi connectivity index (χ0n) is 7.04. The van der Waals surface area contributed by atoms with Crippen molar-refractivity contribution in [2.45, 2.75) is 4.43 Å². The van der Waals surface area contributed by atoms with Crippen LogP contribution in [0.1, 0.15) is 5.69 Å². The Morgan fingerprint density at radius 3 is 2.93 bits per heavy atom. The lowest BCUT2D eigenvalue weighted by molar-refractivity contribution is 1.07. The van der Waals surface area contributed by atoms with E-state index in [9.17, 15) is 0 Å². The number of fused-ring (bicyclic) bond motifs is 1. The number of aromatic nitrogens is 3. The van der Waals surface area contributed by atoms with Gasteiger partial charge in [0.2, 0.25) is 0 Å². The molecule has 2 aromatic heterocycles. The lowest BCUT2D eigenvalue weighted by Crippen LogP contribution is -2.16. The summed E-state index contributed by atoms with van der Waals surface area (Å²) in [7, 11) is 5.78. The largest absolute Gasteiger partial charge is 0.382 e. The number of rotatable bonds is 1. The zero-order valence-corrected chi connectivity index (χ0v) is 11.4. The maximum atomic E-state index is 5.78. The molecule has 0 aliphatic carbocycles. The van der Waals surface area contributed by atoms with E-state index >= 15 is 0 Å². The molecule has 0 spiro atoms. The van der Waals surface area contributed by atoms with E-state index in [4.69, 9.17) is 13.6 Å². The van der Waals surface area contributed by atoms with Gasteiger partial charge in [-0.15, -0.1) is 0 Å². The van der Waals surface area contributed by atoms with Gasteiger partial charge in [0.15, 0.2) is 13.7 Å². The standard InChI is InChI=1S/C7H5BI2N4/c8-7-13-5(10)4-6(11)12-2-3(1-9)14(4)7/h2H,1H2,(H2,11,12). The first-order chi connectivity index (χ1) is 6.65. The van der Waals surface area contributed by atoms with Crippen LogP contribution < -0.4 is 11.5 Å². The SMILES string of the molecule is [B]c1nc(I)c2c(N)ncc(CI)n12. The molecule has 0 unspecified atom stereocenters. The smallest absolute Gasteiger partial charge is 0.168 e. The van der Waals surface area contributed by atoms with Crippen molar-refractivity contribution in [2.24, 2.45) is 0 Å². The lowest BCUT2D eigenvalue weighted by Gasteiger charge is -2.05. The minimum Gasteiger partial charge on any atom is -0.382 e. The molecule has 0 atom stereocenters. The summed E-state index contributed by atoms with van der Waals surface area (Å²) in [6.07, 6.45) is 1.73. The maximum absolute atomic E-state index is 5.78. The predicted octanol–water partition coefficient (Wildman–Crippen LogP) is 0.645. The van der Waals surface area contributed by atoms with Crippen molar-refractivity contribution in [3.05, 3.63) is 15.6 Å². The topological polar surface area (TPSA) is 56.2 Å². The van der Waals surface area contributed by atoms with Gasteiger partial charge in [-0.3, -0.25) is 0 Å². The number of hydrogen-bond donors (Lipinski definition) is 1. The molecule has 0 aliphatic heterocycles. The van der Waals surface area contributed by atoms with Crippen LogP contribution in [0.3, 0.4) is 0 Å². The van der Waals surface area contributed by atoms with Gasteiger partial charge < -0.3 is 10.1 Å². The summed E-state index contributed by atoms with van der Waals surface area (Å²) >= 11 is 4.35. The van der Waals surface area contributed by atoms with Crippen molar-refractivity contribution >= 4 is 70.1 Å². The fraction of sp³-hybridized carbons (Fsp3) is 0.143. The van der Waals surface area contributed by atoms with Crippen molar-refractivity contribution in [2.75, 3.05) is 5.73 Å². The molecule has 0 saturated heterocycles. The van der Waals surface area contributed by atoms with Crippen LogP contribution in [0.4, 0.5) is 5.82 Å². The minimum atomic E-state index is 0.463. The van der Waals surface area contributed by atoms with Crippen molar-refractivity contribution in [3.63, 3.8) is 0 Å². The third kappa shape index (κ3) is 1.49. The molecular formula is C7H5BI2N4. The van der Waals surface area contributed by atoms with Crippen LogP contribution in [-0.4, -0.2) is 22.2 Å². The highest BCUT2D eigenvalue weighted by Gasteiger charge is 2.11. The summed E-state index contributed by atoms with van der Waals surface area (Å²) in [5, 5.41) is 0. The molecule has 0 amide bonds. The summed E-state index contributed by atoms with van der Waals surface area (Å²) in [6.45, 7) is 0. The van der Waals surface area contributed by atoms with Gasteiger partial charge in [-0.25, -0.2) is 9.97 Å². The second kappa shape index (κ2) is 3.84. The highest BCUT2D eigenvalue weighted by molar-refractivity contribution is 14.1. The number of alkyl halides is 1. The summed E-state index contributed by atoms with van der Waals surface area (Å²) in [6, 6.07) is 0. The molecule has 4 nitrogen and oxygen atoms in total. The normalized spacial score (nSPS) is 11.0. The highest BCUT2D eigenvalue weighted by Crippen LogP contribution is 2.18. The Hall–Kier alpha value is -0.0551. The van der Waals surface area contributed by atoms with Gasteiger partial charge in [0, 0.05) is 4.43 Å². The molecule has 2 aromatic rings. The van der Waals surface area contributed by atoms with E-state index in [0.717, 1.165) is 19.3 Å². The van der Waals surface area contributed by atoms with Crippen molar-refractivity contribution in [1.82, 2.24) is 14.4 Å². The molecule has 0 saturated carbocycles. The molecule has 2 radical (unpaired) electrons. The molecule has 7 heteroatoms. The summed E-state index contributed by atoms with van der Waals surface area (Å²) in [4.78, 5) is 8.27. The van der Waals surface area contributed by atoms with Crippen LogP contribution >= 0.6 is 45.2 Å². The van der Waals surface area contributed by atoms with Gasteiger partial charge in [0.25, 0.3) is 0 Å². The van der Waals surface area contributed by atoms with Crippen LogP contribution in [0.25, 0.3) is 5.52 Å². The molecule has 0 bridgehead atoms. The van der Waals surface area contributed by atoms with E-state index in [1.807, 2.05) is 4.40 Å². The van der Waals surface area contributed by atoms with Crippen LogP contribution in [0.15, 0.2) is 6.20 Å². The Morgan fingerprint density at radius 2 is 2.29 bits per heavy atom. The molecular weight excluding hydrogens is 405 g/mol. The van der Waals surface area contributed by atoms with E-state index in [1.165, 1.54) is 0 Å². The van der Waals surface area contributed by atoms with E-state index in [1.54, 1.807) is 6.20 Å². The van der Waals surface area contributed by atoms with Gasteiger partial charge in [0.1, 0.15) is 9.22 Å². The minimum absolute atomic E-state index is 0.463. The third-order valence-corrected chi connectivity index (χ3v) is 3.41. The fourth-order valence-electron chi connectivity index (χ4n) is 1.28. The summed E-state index contributed by atoms with van der Waals surface area (Å²) in [5.74, 6) is 0.465. The van der Waals surface area contributed by atoms with Crippen molar-refractivity contribution in [1.29, 1.82) is 0 Å². The fourth-order valence-corrected chi connectivity index (χ4v) is 2.58. The van der Waals surface area contributed by atoms with Crippen LogP contribution in [0, 0.1) is 3.70 Å². The van der Waals surface area contributed by atoms with Gasteiger partial charge in [0.05, 0.1) is 17.6 Å². The Labute approximate surface area is 109 Å². The average molecular weight is 410 g/mol. The first-order valence-corrected chi connectivity index (χ1v) is 6.38. The van der Waals surface area contributed by atoms with Crippen molar-refractivity contribution < 1.29 is 0 Å². The van der Waals surface area contributed by atoms with E-state index in [2.05, 4.69) is 55.1 Å². The highest BCUT2D eigenvalue weighted by atomic mass is 127. The lowest BCUT2D eigenvalue weighted by atomic mass is 10.1. The van der Waals surface area contributed by atoms with Crippen LogP contribution in [0.2, 0.25) is 0 Å². The van der Waals surface area contributed by atoms with Crippen molar-refractivity contribution in [3.8, 4) is 0 Å². The Morgan fingerprint density at radius 1 is 1.57 bits per heavy atom. The predicted molar refractivity (Wildman–Crippen MR) is 73.2 cm³/mol. The molecule has 2 N–H and O–H groups in total. The second-order valence-corrected chi connectivity index (χ2v) is 4.50. The quantitative estimate of drug-likeness (QED) is 0.427. The number of halogens is 2. The zero-order chi connectivity index (χ0) is 10.3. The van der Waals surface area contributed by atoms with E-state index in [-0.39, 0.29) is 0 Å². The Bertz CT molecular complexity index is 496. The van der Waals surface area contributed by atoms with Crippen LogP contribution in [0.5, 0.6) is 0 Å². The number of anilines is 1. The first-order valence-electron chi connectivity index (χ1n) is 3.78. The maximum Gasteiger partial charge on any atom is 0.168 e. The molecule has 14 heavy (non-hydrogen) atoms. The van der Waals surface area contributed by atoms with E-state index < -0.39 is 0 Å². The second-order valence-electron chi connectivity index (χ2n) is 2.71. The van der Waals surface area contributed by atoms with Crippen LogP contribution in [-0.2, 0) is 4.43 Å². The Balaban J connectivity index is 2.94. The van der Waals surface area contributed by atoms with Gasteiger partial charge in [-0.05, 0) is 22.6 Å². The summed E-state index contributed by atoms with van der Waals surface area (Å²) < 4.78 is 3.45. The number of hydrogen-bond acceptors (Lipinski definition) is 3. The molecule has 70 valence electrons. The summed E-state index contributed by atoms with van der Waals surface area (Å²) in [5.41, 5.74) is 8.03. The molecule has 0 aliphatic rings. The number of imidazole rings is 1. The third-order valence-electron chi connectivity index (χ3n) is 1.88. The van der Waals surface area contributed by atoms with E-state index in [0.29, 0.717) is 11.5 Å². The number of nitrogen functional groups attached to an aromatic ring is 1.